The van der Waals surface area contributed by atoms with Crippen molar-refractivity contribution in [3.05, 3.63) is 53.6 Å². The van der Waals surface area contributed by atoms with E-state index >= 15 is 0 Å². The van der Waals surface area contributed by atoms with Crippen LogP contribution in [-0.4, -0.2) is 20.7 Å². The van der Waals surface area contributed by atoms with Gasteiger partial charge in [-0.05, 0) is 37.3 Å². The molecule has 0 atom stereocenters. The van der Waals surface area contributed by atoms with E-state index in [1.54, 1.807) is 17.7 Å². The summed E-state index contributed by atoms with van der Waals surface area (Å²) in [6.45, 7) is 1.93. The first-order valence-corrected chi connectivity index (χ1v) is 7.00. The number of aromatic hydroxyl groups is 2. The maximum absolute atomic E-state index is 12.0. The number of amides is 1. The van der Waals surface area contributed by atoms with Crippen LogP contribution < -0.4 is 0 Å². The van der Waals surface area contributed by atoms with Crippen molar-refractivity contribution in [1.82, 2.24) is 4.57 Å². The standard InChI is InChI=1S/C17H15N3O3/c1-10-6-7-14-13(8-10)15(17(23)20(14)2)18-19-16(22)11-4-3-5-12(21)9-11/h3-9,21,23H,1-2H3. The number of carbonyl (C=O) groups is 1. The third-order valence-corrected chi connectivity index (χ3v) is 3.63. The summed E-state index contributed by atoms with van der Waals surface area (Å²) in [7, 11) is 1.71. The molecule has 0 fully saturated rings. The van der Waals surface area contributed by atoms with E-state index in [1.807, 2.05) is 25.1 Å². The zero-order chi connectivity index (χ0) is 16.6. The number of carbonyl (C=O) groups excluding carboxylic acids is 1. The number of phenols is 1. The summed E-state index contributed by atoms with van der Waals surface area (Å²) in [6, 6.07) is 11.6. The maximum atomic E-state index is 12.0. The van der Waals surface area contributed by atoms with E-state index < -0.39 is 5.91 Å². The molecule has 3 rings (SSSR count). The van der Waals surface area contributed by atoms with Crippen molar-refractivity contribution in [1.29, 1.82) is 0 Å². The van der Waals surface area contributed by atoms with Crippen LogP contribution in [0.1, 0.15) is 15.9 Å². The monoisotopic (exact) mass is 309 g/mol. The van der Waals surface area contributed by atoms with Gasteiger partial charge in [0.2, 0.25) is 5.88 Å². The molecule has 1 heterocycles. The van der Waals surface area contributed by atoms with E-state index in [9.17, 15) is 15.0 Å². The maximum Gasteiger partial charge on any atom is 0.295 e. The Kier molecular flexibility index (Phi) is 3.57. The summed E-state index contributed by atoms with van der Waals surface area (Å²) in [5.74, 6) is -0.669. The first kappa shape index (κ1) is 14.8. The van der Waals surface area contributed by atoms with Gasteiger partial charge in [0, 0.05) is 18.0 Å². The summed E-state index contributed by atoms with van der Waals surface area (Å²) < 4.78 is 1.59. The number of nitrogens with zero attached hydrogens (tertiary/aromatic N) is 3. The second-order valence-corrected chi connectivity index (χ2v) is 5.31. The third kappa shape index (κ3) is 2.66. The van der Waals surface area contributed by atoms with E-state index in [0.717, 1.165) is 16.5 Å². The molecule has 0 saturated carbocycles. The van der Waals surface area contributed by atoms with Crippen molar-refractivity contribution >= 4 is 22.5 Å². The predicted molar refractivity (Wildman–Crippen MR) is 86.3 cm³/mol. The Labute approximate surface area is 132 Å². The number of hydrogen-bond donors (Lipinski definition) is 2. The molecule has 0 spiro atoms. The topological polar surface area (TPSA) is 87.2 Å². The largest absolute Gasteiger partial charge is 0.508 e. The molecule has 2 aromatic carbocycles. The van der Waals surface area contributed by atoms with Crippen molar-refractivity contribution in [2.75, 3.05) is 0 Å². The number of aromatic nitrogens is 1. The van der Waals surface area contributed by atoms with Crippen molar-refractivity contribution in [2.24, 2.45) is 17.3 Å². The van der Waals surface area contributed by atoms with Crippen LogP contribution >= 0.6 is 0 Å². The molecule has 0 unspecified atom stereocenters. The minimum atomic E-state index is -0.593. The van der Waals surface area contributed by atoms with Crippen molar-refractivity contribution in [3.63, 3.8) is 0 Å². The molecule has 2 N–H and O–H groups in total. The van der Waals surface area contributed by atoms with Crippen LogP contribution in [0.3, 0.4) is 0 Å². The van der Waals surface area contributed by atoms with E-state index in [-0.39, 0.29) is 22.9 Å². The molecule has 23 heavy (non-hydrogen) atoms. The molecular formula is C17H15N3O3. The van der Waals surface area contributed by atoms with Gasteiger partial charge in [-0.25, -0.2) is 0 Å². The Hall–Kier alpha value is -3.15. The molecule has 1 amide bonds. The number of phenolic OH excluding ortho intramolecular Hbond substituents is 1. The van der Waals surface area contributed by atoms with Crippen LogP contribution in [0.4, 0.5) is 5.69 Å². The minimum absolute atomic E-state index is 0.0188. The van der Waals surface area contributed by atoms with Crippen molar-refractivity contribution in [3.8, 4) is 11.6 Å². The molecule has 0 aliphatic carbocycles. The molecule has 116 valence electrons. The average molecular weight is 309 g/mol. The Bertz CT molecular complexity index is 942. The summed E-state index contributed by atoms with van der Waals surface area (Å²) in [5.41, 5.74) is 2.29. The summed E-state index contributed by atoms with van der Waals surface area (Å²) in [4.78, 5) is 12.0. The summed E-state index contributed by atoms with van der Waals surface area (Å²) >= 11 is 0. The van der Waals surface area contributed by atoms with Crippen LogP contribution in [0.2, 0.25) is 0 Å². The normalized spacial score (nSPS) is 11.4. The molecule has 3 aromatic rings. The van der Waals surface area contributed by atoms with Crippen LogP contribution in [0.5, 0.6) is 11.6 Å². The zero-order valence-corrected chi connectivity index (χ0v) is 12.7. The average Bonchev–Trinajstić information content (AvgIpc) is 2.76. The highest BCUT2D eigenvalue weighted by Gasteiger charge is 2.15. The molecule has 0 radical (unpaired) electrons. The predicted octanol–water partition coefficient (Wildman–Crippen LogP) is 3.82. The van der Waals surface area contributed by atoms with Crippen molar-refractivity contribution in [2.45, 2.75) is 6.92 Å². The van der Waals surface area contributed by atoms with E-state index in [0.29, 0.717) is 0 Å². The van der Waals surface area contributed by atoms with Gasteiger partial charge < -0.3 is 14.8 Å². The van der Waals surface area contributed by atoms with Gasteiger partial charge in [0.15, 0.2) is 5.69 Å². The van der Waals surface area contributed by atoms with E-state index in [1.165, 1.54) is 18.2 Å². The molecule has 6 heteroatoms. The lowest BCUT2D eigenvalue weighted by molar-refractivity contribution is 0.0994. The minimum Gasteiger partial charge on any atom is -0.508 e. The molecule has 0 bridgehead atoms. The van der Waals surface area contributed by atoms with Crippen molar-refractivity contribution < 1.29 is 15.0 Å². The van der Waals surface area contributed by atoms with Gasteiger partial charge in [0.05, 0.1) is 5.52 Å². The molecule has 0 saturated heterocycles. The molecular weight excluding hydrogens is 294 g/mol. The fourth-order valence-electron chi connectivity index (χ4n) is 2.42. The van der Waals surface area contributed by atoms with Crippen LogP contribution in [0.15, 0.2) is 52.7 Å². The lowest BCUT2D eigenvalue weighted by Crippen LogP contribution is -1.92. The Balaban J connectivity index is 2.03. The van der Waals surface area contributed by atoms with Gasteiger partial charge in [-0.15, -0.1) is 10.2 Å². The van der Waals surface area contributed by atoms with Gasteiger partial charge >= 0.3 is 0 Å². The molecule has 0 aliphatic rings. The fraction of sp³-hybridized carbons (Fsp3) is 0.118. The highest BCUT2D eigenvalue weighted by atomic mass is 16.3. The van der Waals surface area contributed by atoms with Crippen LogP contribution in [0, 0.1) is 6.92 Å². The SMILES string of the molecule is Cc1ccc2c(c1)c(N=NC(=O)c1cccc(O)c1)c(O)n2C. The second kappa shape index (κ2) is 5.57. The highest BCUT2D eigenvalue weighted by Crippen LogP contribution is 2.38. The summed E-state index contributed by atoms with van der Waals surface area (Å²) in [5, 5.41) is 27.9. The molecule has 6 nitrogen and oxygen atoms in total. The third-order valence-electron chi connectivity index (χ3n) is 3.63. The highest BCUT2D eigenvalue weighted by molar-refractivity contribution is 5.97. The Morgan fingerprint density at radius 2 is 1.91 bits per heavy atom. The van der Waals surface area contributed by atoms with E-state index in [4.69, 9.17) is 0 Å². The van der Waals surface area contributed by atoms with E-state index in [2.05, 4.69) is 10.2 Å². The first-order chi connectivity index (χ1) is 11.0. The van der Waals surface area contributed by atoms with Gasteiger partial charge in [-0.2, -0.15) is 0 Å². The van der Waals surface area contributed by atoms with Gasteiger partial charge in [-0.1, -0.05) is 17.7 Å². The number of benzene rings is 2. The van der Waals surface area contributed by atoms with Gasteiger partial charge in [0.1, 0.15) is 5.75 Å². The Morgan fingerprint density at radius 1 is 1.13 bits per heavy atom. The molecule has 0 aliphatic heterocycles. The number of rotatable bonds is 2. The number of azo groups is 1. The lowest BCUT2D eigenvalue weighted by atomic mass is 10.1. The smallest absolute Gasteiger partial charge is 0.295 e. The first-order valence-electron chi connectivity index (χ1n) is 7.00. The number of aryl methyl sites for hydroxylation is 2. The zero-order valence-electron chi connectivity index (χ0n) is 12.7. The van der Waals surface area contributed by atoms with Gasteiger partial charge in [-0.3, -0.25) is 4.79 Å². The number of fused-ring (bicyclic) bond motifs is 1. The van der Waals surface area contributed by atoms with Gasteiger partial charge in [0.25, 0.3) is 5.91 Å². The van der Waals surface area contributed by atoms with Crippen LogP contribution in [-0.2, 0) is 7.05 Å². The lowest BCUT2D eigenvalue weighted by Gasteiger charge is -1.96. The van der Waals surface area contributed by atoms with Crippen LogP contribution in [0.25, 0.3) is 10.9 Å². The summed E-state index contributed by atoms with van der Waals surface area (Å²) in [6.07, 6.45) is 0. The molecule has 1 aromatic heterocycles. The number of hydrogen-bond acceptors (Lipinski definition) is 4. The quantitative estimate of drug-likeness (QED) is 0.705. The fourth-order valence-corrected chi connectivity index (χ4v) is 2.42. The Morgan fingerprint density at radius 3 is 2.65 bits per heavy atom. The second-order valence-electron chi connectivity index (χ2n) is 5.31.